The van der Waals surface area contributed by atoms with Gasteiger partial charge in [0.2, 0.25) is 0 Å². The lowest BCUT2D eigenvalue weighted by atomic mass is 10.2. The number of nitrogens with one attached hydrogen (secondary N) is 2. The van der Waals surface area contributed by atoms with Gasteiger partial charge in [0.05, 0.1) is 22.5 Å². The highest BCUT2D eigenvalue weighted by molar-refractivity contribution is 7.94. The number of aromatic nitrogens is 2. The second-order valence-corrected chi connectivity index (χ2v) is 7.13. The highest BCUT2D eigenvalue weighted by atomic mass is 32.2. The van der Waals surface area contributed by atoms with Crippen molar-refractivity contribution in [3.05, 3.63) is 41.7 Å². The largest absolute Gasteiger partial charge is 0.358 e. The minimum atomic E-state index is -3.86. The van der Waals surface area contributed by atoms with Crippen molar-refractivity contribution in [1.29, 1.82) is 5.26 Å². The summed E-state index contributed by atoms with van der Waals surface area (Å²) < 4.78 is 43.2. The van der Waals surface area contributed by atoms with Crippen LogP contribution in [0.25, 0.3) is 10.9 Å². The summed E-state index contributed by atoms with van der Waals surface area (Å²) in [4.78, 5) is 2.88. The third kappa shape index (κ3) is 2.43. The number of nitrogens with zero attached hydrogens (tertiary/aromatic N) is 2. The van der Waals surface area contributed by atoms with E-state index >= 15 is 0 Å². The molecule has 9 heteroatoms. The monoisotopic (exact) mass is 336 g/mol. The van der Waals surface area contributed by atoms with Gasteiger partial charge in [-0.05, 0) is 23.7 Å². The van der Waals surface area contributed by atoms with E-state index in [4.69, 9.17) is 5.26 Å². The van der Waals surface area contributed by atoms with Crippen molar-refractivity contribution in [2.45, 2.75) is 10.9 Å². The van der Waals surface area contributed by atoms with Gasteiger partial charge in [-0.25, -0.2) is 12.8 Å². The van der Waals surface area contributed by atoms with Crippen LogP contribution in [0.15, 0.2) is 34.7 Å². The molecule has 0 saturated heterocycles. The average Bonchev–Trinajstić information content (AvgIpc) is 3.14. The minimum Gasteiger partial charge on any atom is -0.358 e. The Hall–Kier alpha value is -2.44. The van der Waals surface area contributed by atoms with Gasteiger partial charge in [0, 0.05) is 11.6 Å². The zero-order valence-electron chi connectivity index (χ0n) is 11.0. The molecule has 0 amide bonds. The number of para-hydroxylation sites is 1. The molecule has 3 rings (SSSR count). The summed E-state index contributed by atoms with van der Waals surface area (Å²) in [7, 11) is -3.86. The van der Waals surface area contributed by atoms with Gasteiger partial charge in [0.1, 0.15) is 12.7 Å². The van der Waals surface area contributed by atoms with E-state index in [1.807, 2.05) is 6.07 Å². The predicted molar refractivity (Wildman–Crippen MR) is 80.7 cm³/mol. The first-order valence-electron chi connectivity index (χ1n) is 6.10. The third-order valence-corrected chi connectivity index (χ3v) is 5.66. The van der Waals surface area contributed by atoms with Crippen molar-refractivity contribution >= 4 is 38.1 Å². The third-order valence-electron chi connectivity index (χ3n) is 3.02. The standard InChI is InChI=1S/C13H9FN4O2S2/c14-5-9-4-12(21-17-9)22(19,20)18-11-3-1-2-10-8(6-15)7-16-13(10)11/h1-4,7,16,18H,5H2. The van der Waals surface area contributed by atoms with Crippen LogP contribution in [-0.4, -0.2) is 17.8 Å². The Morgan fingerprint density at radius 3 is 2.95 bits per heavy atom. The first kappa shape index (κ1) is 14.5. The van der Waals surface area contributed by atoms with E-state index in [0.29, 0.717) is 33.7 Å². The first-order chi connectivity index (χ1) is 10.5. The van der Waals surface area contributed by atoms with Crippen molar-refractivity contribution in [3.8, 4) is 6.07 Å². The van der Waals surface area contributed by atoms with Crippen LogP contribution in [0, 0.1) is 11.3 Å². The maximum Gasteiger partial charge on any atom is 0.273 e. The van der Waals surface area contributed by atoms with E-state index in [1.54, 1.807) is 18.2 Å². The molecule has 2 heterocycles. The summed E-state index contributed by atoms with van der Waals surface area (Å²) in [6.45, 7) is -0.816. The van der Waals surface area contributed by atoms with Crippen molar-refractivity contribution in [2.75, 3.05) is 4.72 Å². The summed E-state index contributed by atoms with van der Waals surface area (Å²) in [6.07, 6.45) is 1.51. The van der Waals surface area contributed by atoms with Crippen molar-refractivity contribution in [3.63, 3.8) is 0 Å². The Morgan fingerprint density at radius 1 is 1.45 bits per heavy atom. The molecule has 1 aromatic carbocycles. The SMILES string of the molecule is N#Cc1c[nH]c2c(NS(=O)(=O)c3cc(CF)ns3)cccc12. The number of H-pyrrole nitrogens is 1. The molecule has 0 atom stereocenters. The predicted octanol–water partition coefficient (Wildman–Crippen LogP) is 2.77. The zero-order chi connectivity index (χ0) is 15.7. The molecule has 2 aromatic heterocycles. The molecule has 0 saturated carbocycles. The van der Waals surface area contributed by atoms with E-state index in [0.717, 1.165) is 0 Å². The quantitative estimate of drug-likeness (QED) is 0.765. The highest BCUT2D eigenvalue weighted by Gasteiger charge is 2.20. The molecule has 22 heavy (non-hydrogen) atoms. The molecule has 0 aliphatic rings. The van der Waals surface area contributed by atoms with Gasteiger partial charge >= 0.3 is 0 Å². The van der Waals surface area contributed by atoms with Gasteiger partial charge in [-0.3, -0.25) is 4.72 Å². The molecule has 0 unspecified atom stereocenters. The minimum absolute atomic E-state index is 0.0655. The number of alkyl halides is 1. The number of rotatable bonds is 4. The van der Waals surface area contributed by atoms with E-state index < -0.39 is 16.7 Å². The Morgan fingerprint density at radius 2 is 2.27 bits per heavy atom. The molecule has 0 bridgehead atoms. The fourth-order valence-electron chi connectivity index (χ4n) is 2.01. The van der Waals surface area contributed by atoms with Gasteiger partial charge in [-0.15, -0.1) is 0 Å². The second kappa shape index (κ2) is 5.40. The van der Waals surface area contributed by atoms with Crippen LogP contribution in [0.4, 0.5) is 10.1 Å². The normalized spacial score (nSPS) is 11.5. The fourth-order valence-corrected chi connectivity index (χ4v) is 3.99. The first-order valence-corrected chi connectivity index (χ1v) is 8.35. The molecule has 0 spiro atoms. The molecule has 3 aromatic rings. The van der Waals surface area contributed by atoms with Crippen molar-refractivity contribution in [1.82, 2.24) is 9.36 Å². The highest BCUT2D eigenvalue weighted by Crippen LogP contribution is 2.28. The van der Waals surface area contributed by atoms with Crippen LogP contribution >= 0.6 is 11.5 Å². The number of nitriles is 1. The summed E-state index contributed by atoms with van der Waals surface area (Å²) >= 11 is 0.712. The Kier molecular flexibility index (Phi) is 3.56. The van der Waals surface area contributed by atoms with E-state index in [2.05, 4.69) is 14.1 Å². The molecular weight excluding hydrogens is 327 g/mol. The van der Waals surface area contributed by atoms with Crippen LogP contribution < -0.4 is 4.72 Å². The van der Waals surface area contributed by atoms with E-state index in [9.17, 15) is 12.8 Å². The topological polar surface area (TPSA) is 98.6 Å². The lowest BCUT2D eigenvalue weighted by molar-refractivity contribution is 0.478. The van der Waals surface area contributed by atoms with Crippen molar-refractivity contribution in [2.24, 2.45) is 0 Å². The summed E-state index contributed by atoms with van der Waals surface area (Å²) in [5.74, 6) is 0. The lowest BCUT2D eigenvalue weighted by Crippen LogP contribution is -2.11. The maximum atomic E-state index is 12.5. The average molecular weight is 336 g/mol. The van der Waals surface area contributed by atoms with Crippen LogP contribution in [0.3, 0.4) is 0 Å². The number of aromatic amines is 1. The number of benzene rings is 1. The fraction of sp³-hybridized carbons (Fsp3) is 0.0769. The molecule has 0 fully saturated rings. The number of anilines is 1. The number of halogens is 1. The van der Waals surface area contributed by atoms with Crippen LogP contribution in [0.1, 0.15) is 11.3 Å². The number of sulfonamides is 1. The molecule has 2 N–H and O–H groups in total. The smallest absolute Gasteiger partial charge is 0.273 e. The zero-order valence-corrected chi connectivity index (χ0v) is 12.6. The van der Waals surface area contributed by atoms with Gasteiger partial charge in [0.25, 0.3) is 10.0 Å². The van der Waals surface area contributed by atoms with Crippen LogP contribution in [0.5, 0.6) is 0 Å². The van der Waals surface area contributed by atoms with Gasteiger partial charge in [-0.1, -0.05) is 12.1 Å². The molecule has 0 radical (unpaired) electrons. The van der Waals surface area contributed by atoms with Gasteiger partial charge < -0.3 is 4.98 Å². The number of hydrogen-bond donors (Lipinski definition) is 2. The number of hydrogen-bond acceptors (Lipinski definition) is 5. The molecule has 0 aliphatic carbocycles. The Labute approximate surface area is 129 Å². The molecular formula is C13H9FN4O2S2. The van der Waals surface area contributed by atoms with E-state index in [-0.39, 0.29) is 9.90 Å². The Balaban J connectivity index is 2.02. The van der Waals surface area contributed by atoms with Gasteiger partial charge in [-0.2, -0.15) is 9.64 Å². The molecule has 112 valence electrons. The lowest BCUT2D eigenvalue weighted by Gasteiger charge is -2.07. The summed E-state index contributed by atoms with van der Waals surface area (Å²) in [5.41, 5.74) is 1.33. The van der Waals surface area contributed by atoms with Crippen molar-refractivity contribution < 1.29 is 12.8 Å². The summed E-state index contributed by atoms with van der Waals surface area (Å²) in [6, 6.07) is 8.17. The Bertz CT molecular complexity index is 985. The summed E-state index contributed by atoms with van der Waals surface area (Å²) in [5, 5.41) is 9.63. The van der Waals surface area contributed by atoms with E-state index in [1.165, 1.54) is 12.3 Å². The molecule has 6 nitrogen and oxygen atoms in total. The maximum absolute atomic E-state index is 12.5. The van der Waals surface area contributed by atoms with Crippen LogP contribution in [0.2, 0.25) is 0 Å². The second-order valence-electron chi connectivity index (χ2n) is 4.42. The van der Waals surface area contributed by atoms with Gasteiger partial charge in [0.15, 0.2) is 4.21 Å². The number of fused-ring (bicyclic) bond motifs is 1. The molecule has 0 aliphatic heterocycles. The van der Waals surface area contributed by atoms with Crippen LogP contribution in [-0.2, 0) is 16.7 Å².